The number of nitrogens with two attached hydrogens (primary N) is 1. The molecular formula is C12H17N3O. The topological polar surface area (TPSA) is 59.6 Å². The van der Waals surface area contributed by atoms with Gasteiger partial charge in [0.25, 0.3) is 0 Å². The molecule has 16 heavy (non-hydrogen) atoms. The van der Waals surface area contributed by atoms with E-state index in [1.807, 2.05) is 18.2 Å². The van der Waals surface area contributed by atoms with Gasteiger partial charge in [0, 0.05) is 6.61 Å². The Bertz CT molecular complexity index is 351. The average Bonchev–Trinajstić information content (AvgIpc) is 2.72. The highest BCUT2D eigenvalue weighted by Crippen LogP contribution is 2.03. The summed E-state index contributed by atoms with van der Waals surface area (Å²) in [5.41, 5.74) is 6.72. The summed E-state index contributed by atoms with van der Waals surface area (Å²) in [5.74, 6) is 0.549. The predicted molar refractivity (Wildman–Crippen MR) is 64.1 cm³/mol. The number of hydrogen-bond donors (Lipinski definition) is 2. The van der Waals surface area contributed by atoms with Gasteiger partial charge in [0.2, 0.25) is 0 Å². The van der Waals surface area contributed by atoms with Crippen LogP contribution in [0.5, 0.6) is 0 Å². The maximum atomic E-state index is 5.59. The highest BCUT2D eigenvalue weighted by Gasteiger charge is 2.14. The third-order valence-corrected chi connectivity index (χ3v) is 2.56. The van der Waals surface area contributed by atoms with E-state index in [0.717, 1.165) is 19.6 Å². The number of benzene rings is 1. The molecule has 0 amide bonds. The highest BCUT2D eigenvalue weighted by atomic mass is 16.5. The second-order valence-corrected chi connectivity index (χ2v) is 3.89. The zero-order chi connectivity index (χ0) is 11.2. The van der Waals surface area contributed by atoms with Crippen LogP contribution in [0.4, 0.5) is 0 Å². The van der Waals surface area contributed by atoms with Crippen molar-refractivity contribution in [3.05, 3.63) is 35.9 Å². The third kappa shape index (κ3) is 3.24. The molecule has 4 nitrogen and oxygen atoms in total. The maximum absolute atomic E-state index is 5.59. The van der Waals surface area contributed by atoms with E-state index >= 15 is 0 Å². The van der Waals surface area contributed by atoms with Gasteiger partial charge in [-0.25, -0.2) is 0 Å². The van der Waals surface area contributed by atoms with Crippen LogP contribution in [-0.2, 0) is 11.3 Å². The van der Waals surface area contributed by atoms with Crippen molar-refractivity contribution >= 4 is 5.96 Å². The van der Waals surface area contributed by atoms with Gasteiger partial charge in [-0.1, -0.05) is 30.3 Å². The van der Waals surface area contributed by atoms with E-state index in [-0.39, 0.29) is 0 Å². The van der Waals surface area contributed by atoms with Crippen molar-refractivity contribution in [3.63, 3.8) is 0 Å². The Hall–Kier alpha value is -1.55. The standard InChI is InChI=1S/C12H17N3O/c13-12-14-8-11(15-12)6-7-16-9-10-4-2-1-3-5-10/h1-5,11H,6-9H2,(H3,13,14,15). The van der Waals surface area contributed by atoms with Gasteiger partial charge >= 0.3 is 0 Å². The fourth-order valence-corrected chi connectivity index (χ4v) is 1.66. The lowest BCUT2D eigenvalue weighted by atomic mass is 10.2. The van der Waals surface area contributed by atoms with Crippen LogP contribution < -0.4 is 11.1 Å². The predicted octanol–water partition coefficient (Wildman–Crippen LogP) is 0.880. The van der Waals surface area contributed by atoms with Crippen molar-refractivity contribution < 1.29 is 4.74 Å². The van der Waals surface area contributed by atoms with Crippen molar-refractivity contribution in [2.24, 2.45) is 10.7 Å². The minimum Gasteiger partial charge on any atom is -0.377 e. The van der Waals surface area contributed by atoms with Crippen LogP contribution in [0.2, 0.25) is 0 Å². The molecule has 0 aliphatic carbocycles. The summed E-state index contributed by atoms with van der Waals surface area (Å²) in [5, 5.41) is 3.10. The first-order chi connectivity index (χ1) is 7.84. The first kappa shape index (κ1) is 11.0. The number of rotatable bonds is 5. The Morgan fingerprint density at radius 2 is 2.19 bits per heavy atom. The molecule has 1 unspecified atom stereocenters. The van der Waals surface area contributed by atoms with Gasteiger partial charge in [0.1, 0.15) is 0 Å². The van der Waals surface area contributed by atoms with Gasteiger partial charge in [0.15, 0.2) is 5.96 Å². The molecule has 1 atom stereocenters. The highest BCUT2D eigenvalue weighted by molar-refractivity contribution is 5.79. The van der Waals surface area contributed by atoms with Crippen LogP contribution in [0, 0.1) is 0 Å². The maximum Gasteiger partial charge on any atom is 0.188 e. The zero-order valence-electron chi connectivity index (χ0n) is 9.23. The third-order valence-electron chi connectivity index (χ3n) is 2.56. The molecule has 1 aromatic carbocycles. The first-order valence-electron chi connectivity index (χ1n) is 5.53. The first-order valence-corrected chi connectivity index (χ1v) is 5.53. The molecule has 0 aromatic heterocycles. The Labute approximate surface area is 95.5 Å². The van der Waals surface area contributed by atoms with Crippen LogP contribution in [0.1, 0.15) is 12.0 Å². The Morgan fingerprint density at radius 3 is 2.88 bits per heavy atom. The molecule has 0 fully saturated rings. The van der Waals surface area contributed by atoms with Crippen molar-refractivity contribution in [3.8, 4) is 0 Å². The van der Waals surface area contributed by atoms with Gasteiger partial charge in [0.05, 0.1) is 19.2 Å². The Kier molecular flexibility index (Phi) is 3.77. The lowest BCUT2D eigenvalue weighted by molar-refractivity contribution is 0.114. The molecule has 1 aliphatic rings. The van der Waals surface area contributed by atoms with E-state index in [0.29, 0.717) is 18.6 Å². The molecule has 0 saturated heterocycles. The summed E-state index contributed by atoms with van der Waals surface area (Å²) >= 11 is 0. The van der Waals surface area contributed by atoms with Gasteiger partial charge in [-0.3, -0.25) is 4.99 Å². The van der Waals surface area contributed by atoms with Crippen LogP contribution >= 0.6 is 0 Å². The quantitative estimate of drug-likeness (QED) is 0.723. The van der Waals surface area contributed by atoms with Crippen molar-refractivity contribution in [2.75, 3.05) is 13.2 Å². The lowest BCUT2D eigenvalue weighted by Crippen LogP contribution is -2.35. The largest absolute Gasteiger partial charge is 0.377 e. The fraction of sp³-hybridized carbons (Fsp3) is 0.417. The molecule has 1 aromatic rings. The van der Waals surface area contributed by atoms with Crippen molar-refractivity contribution in [1.82, 2.24) is 5.32 Å². The van der Waals surface area contributed by atoms with E-state index < -0.39 is 0 Å². The molecule has 1 aliphatic heterocycles. The SMILES string of the molecule is NC1=NCC(CCOCc2ccccc2)N1. The van der Waals surface area contributed by atoms with E-state index in [1.54, 1.807) is 0 Å². The number of aliphatic imine (C=N–C) groups is 1. The molecule has 86 valence electrons. The van der Waals surface area contributed by atoms with Gasteiger partial charge in [-0.05, 0) is 12.0 Å². The monoisotopic (exact) mass is 219 g/mol. The fourth-order valence-electron chi connectivity index (χ4n) is 1.66. The number of nitrogens with zero attached hydrogens (tertiary/aromatic N) is 1. The molecule has 1 heterocycles. The number of hydrogen-bond acceptors (Lipinski definition) is 4. The number of nitrogens with one attached hydrogen (secondary N) is 1. The molecule has 3 N–H and O–H groups in total. The van der Waals surface area contributed by atoms with Crippen molar-refractivity contribution in [1.29, 1.82) is 0 Å². The second kappa shape index (κ2) is 5.51. The normalized spacial score (nSPS) is 19.2. The molecule has 0 spiro atoms. The summed E-state index contributed by atoms with van der Waals surface area (Å²) in [4.78, 5) is 4.08. The van der Waals surface area contributed by atoms with Crippen LogP contribution in [0.15, 0.2) is 35.3 Å². The minimum absolute atomic E-state index is 0.343. The molecule has 0 saturated carbocycles. The molecule has 0 bridgehead atoms. The second-order valence-electron chi connectivity index (χ2n) is 3.89. The van der Waals surface area contributed by atoms with Gasteiger partial charge < -0.3 is 15.8 Å². The van der Waals surface area contributed by atoms with Crippen molar-refractivity contribution in [2.45, 2.75) is 19.1 Å². The van der Waals surface area contributed by atoms with E-state index in [4.69, 9.17) is 10.5 Å². The van der Waals surface area contributed by atoms with E-state index in [1.165, 1.54) is 5.56 Å². The van der Waals surface area contributed by atoms with Crippen LogP contribution in [0.25, 0.3) is 0 Å². The molecule has 0 radical (unpaired) electrons. The smallest absolute Gasteiger partial charge is 0.188 e. The zero-order valence-corrected chi connectivity index (χ0v) is 9.23. The van der Waals surface area contributed by atoms with Crippen LogP contribution in [-0.4, -0.2) is 25.2 Å². The molecule has 4 heteroatoms. The summed E-state index contributed by atoms with van der Waals surface area (Å²) in [7, 11) is 0. The summed E-state index contributed by atoms with van der Waals surface area (Å²) in [6, 6.07) is 10.5. The molecular weight excluding hydrogens is 202 g/mol. The number of guanidine groups is 1. The molecule has 2 rings (SSSR count). The Balaban J connectivity index is 1.59. The van der Waals surface area contributed by atoms with Crippen LogP contribution in [0.3, 0.4) is 0 Å². The Morgan fingerprint density at radius 1 is 1.38 bits per heavy atom. The lowest BCUT2D eigenvalue weighted by Gasteiger charge is -2.10. The van der Waals surface area contributed by atoms with E-state index in [2.05, 4.69) is 22.4 Å². The van der Waals surface area contributed by atoms with Gasteiger partial charge in [-0.15, -0.1) is 0 Å². The van der Waals surface area contributed by atoms with E-state index in [9.17, 15) is 0 Å². The summed E-state index contributed by atoms with van der Waals surface area (Å²) in [6.07, 6.45) is 0.942. The minimum atomic E-state index is 0.343. The summed E-state index contributed by atoms with van der Waals surface area (Å²) in [6.45, 7) is 2.17. The average molecular weight is 219 g/mol. The summed E-state index contributed by atoms with van der Waals surface area (Å²) < 4.78 is 5.59. The number of ether oxygens (including phenoxy) is 1. The van der Waals surface area contributed by atoms with Gasteiger partial charge in [-0.2, -0.15) is 0 Å².